The van der Waals surface area contributed by atoms with Gasteiger partial charge in [-0.3, -0.25) is 9.78 Å². The zero-order valence-corrected chi connectivity index (χ0v) is 20.6. The average molecular weight is 489 g/mol. The third-order valence-electron chi connectivity index (χ3n) is 5.87. The molecule has 1 aliphatic heterocycles. The maximum absolute atomic E-state index is 13.6. The fourth-order valence-corrected chi connectivity index (χ4v) is 4.08. The fraction of sp³-hybridized carbons (Fsp3) is 0.385. The van der Waals surface area contributed by atoms with Crippen molar-refractivity contribution in [1.82, 2.24) is 25.3 Å². The van der Waals surface area contributed by atoms with Crippen LogP contribution in [0.25, 0.3) is 11.3 Å². The van der Waals surface area contributed by atoms with Gasteiger partial charge in [-0.1, -0.05) is 13.8 Å². The molecule has 36 heavy (non-hydrogen) atoms. The number of nitriles is 1. The molecule has 9 nitrogen and oxygen atoms in total. The van der Waals surface area contributed by atoms with Gasteiger partial charge in [-0.25, -0.2) is 19.3 Å². The van der Waals surface area contributed by atoms with Gasteiger partial charge in [0.15, 0.2) is 5.78 Å². The zero-order valence-electron chi connectivity index (χ0n) is 20.6. The van der Waals surface area contributed by atoms with Gasteiger partial charge >= 0.3 is 0 Å². The highest BCUT2D eigenvalue weighted by Crippen LogP contribution is 2.27. The van der Waals surface area contributed by atoms with Gasteiger partial charge in [-0.15, -0.1) is 0 Å². The van der Waals surface area contributed by atoms with E-state index in [1.165, 1.54) is 0 Å². The first-order chi connectivity index (χ1) is 17.3. The predicted molar refractivity (Wildman–Crippen MR) is 136 cm³/mol. The van der Waals surface area contributed by atoms with E-state index in [2.05, 4.69) is 36.6 Å². The molecule has 1 saturated heterocycles. The van der Waals surface area contributed by atoms with Gasteiger partial charge in [0.25, 0.3) is 0 Å². The summed E-state index contributed by atoms with van der Waals surface area (Å²) in [5.41, 5.74) is 2.99. The summed E-state index contributed by atoms with van der Waals surface area (Å²) >= 11 is 0. The second kappa shape index (κ2) is 11.2. The summed E-state index contributed by atoms with van der Waals surface area (Å²) in [6.07, 6.45) is 4.68. The Morgan fingerprint density at radius 2 is 2.06 bits per heavy atom. The Balaban J connectivity index is 1.44. The lowest BCUT2D eigenvalue weighted by Crippen LogP contribution is -2.39. The SMILES string of the molecule is CC(C)NC(C)C(=O)Cc1ccc(Nc2nccc(-c3cnc(N4CC[C@H](F)C4)c(C#N)c3)n2)cn1. The molecule has 0 amide bonds. The van der Waals surface area contributed by atoms with Crippen LogP contribution < -0.4 is 15.5 Å². The number of ketones is 1. The smallest absolute Gasteiger partial charge is 0.227 e. The van der Waals surface area contributed by atoms with Crippen LogP contribution in [0.5, 0.6) is 0 Å². The summed E-state index contributed by atoms with van der Waals surface area (Å²) < 4.78 is 13.6. The molecule has 1 aliphatic rings. The van der Waals surface area contributed by atoms with Crippen molar-refractivity contribution in [2.75, 3.05) is 23.3 Å². The highest BCUT2D eigenvalue weighted by atomic mass is 19.1. The van der Waals surface area contributed by atoms with Crippen molar-refractivity contribution in [2.45, 2.75) is 51.9 Å². The first-order valence-corrected chi connectivity index (χ1v) is 12.0. The van der Waals surface area contributed by atoms with Gasteiger partial charge in [0, 0.05) is 36.2 Å². The minimum Gasteiger partial charge on any atom is -0.352 e. The number of aromatic nitrogens is 4. The van der Waals surface area contributed by atoms with E-state index in [1.807, 2.05) is 26.8 Å². The lowest BCUT2D eigenvalue weighted by Gasteiger charge is -2.18. The van der Waals surface area contributed by atoms with E-state index in [4.69, 9.17) is 0 Å². The fourth-order valence-electron chi connectivity index (χ4n) is 4.08. The number of anilines is 3. The molecule has 3 aromatic rings. The summed E-state index contributed by atoms with van der Waals surface area (Å²) in [4.78, 5) is 31.8. The van der Waals surface area contributed by atoms with E-state index in [9.17, 15) is 14.4 Å². The Kier molecular flexibility index (Phi) is 7.80. The van der Waals surface area contributed by atoms with Gasteiger partial charge in [0.2, 0.25) is 5.95 Å². The number of Topliss-reactive ketones (excluding diaryl/α,β-unsaturated/α-hetero) is 1. The Labute approximate surface area is 209 Å². The molecule has 0 bridgehead atoms. The number of halogens is 1. The van der Waals surface area contributed by atoms with Crippen LogP contribution in [-0.4, -0.2) is 57.1 Å². The van der Waals surface area contributed by atoms with Crippen molar-refractivity contribution in [2.24, 2.45) is 0 Å². The van der Waals surface area contributed by atoms with Crippen molar-refractivity contribution >= 4 is 23.2 Å². The Morgan fingerprint density at radius 1 is 1.22 bits per heavy atom. The number of hydrogen-bond acceptors (Lipinski definition) is 9. The molecule has 1 fully saturated rings. The van der Waals surface area contributed by atoms with Crippen LogP contribution in [0.2, 0.25) is 0 Å². The molecule has 0 radical (unpaired) electrons. The standard InChI is InChI=1S/C26H29FN8O/c1-16(2)32-17(3)24(36)11-21-4-5-22(14-30-21)33-26-29-8-6-23(34-26)19-10-18(12-28)25(31-13-19)35-9-7-20(27)15-35/h4-6,8,10,13-14,16-17,20,32H,7,9,11,15H2,1-3H3,(H,29,33,34)/t17?,20-/m0/s1. The maximum Gasteiger partial charge on any atom is 0.227 e. The second-order valence-electron chi connectivity index (χ2n) is 9.15. The van der Waals surface area contributed by atoms with Crippen LogP contribution in [0.1, 0.15) is 38.4 Å². The minimum atomic E-state index is -0.900. The summed E-state index contributed by atoms with van der Waals surface area (Å²) in [6.45, 7) is 6.65. The molecule has 186 valence electrons. The summed E-state index contributed by atoms with van der Waals surface area (Å²) in [5.74, 6) is 0.932. The van der Waals surface area contributed by atoms with Crippen molar-refractivity contribution < 1.29 is 9.18 Å². The largest absolute Gasteiger partial charge is 0.352 e. The quantitative estimate of drug-likeness (QED) is 0.465. The third-order valence-corrected chi connectivity index (χ3v) is 5.87. The molecule has 3 aromatic heterocycles. The maximum atomic E-state index is 13.6. The first kappa shape index (κ1) is 25.1. The number of rotatable bonds is 9. The highest BCUT2D eigenvalue weighted by Gasteiger charge is 2.25. The van der Waals surface area contributed by atoms with Crippen molar-refractivity contribution in [3.8, 4) is 17.3 Å². The van der Waals surface area contributed by atoms with E-state index < -0.39 is 6.17 Å². The van der Waals surface area contributed by atoms with Crippen molar-refractivity contribution in [1.29, 1.82) is 5.26 Å². The summed E-state index contributed by atoms with van der Waals surface area (Å²) in [6, 6.07) is 9.23. The molecule has 2 atom stereocenters. The number of carbonyl (C=O) groups is 1. The topological polar surface area (TPSA) is 120 Å². The molecule has 10 heteroatoms. The third kappa shape index (κ3) is 6.17. The molecular formula is C26H29FN8O. The van der Waals surface area contributed by atoms with E-state index >= 15 is 0 Å². The highest BCUT2D eigenvalue weighted by molar-refractivity contribution is 5.85. The van der Waals surface area contributed by atoms with Gasteiger partial charge in [0.05, 0.1) is 42.1 Å². The van der Waals surface area contributed by atoms with Crippen LogP contribution in [-0.2, 0) is 11.2 Å². The molecule has 0 aliphatic carbocycles. The van der Waals surface area contributed by atoms with Crippen LogP contribution in [0, 0.1) is 11.3 Å². The van der Waals surface area contributed by atoms with Gasteiger partial charge in [-0.2, -0.15) is 5.26 Å². The Hall–Kier alpha value is -3.97. The monoisotopic (exact) mass is 488 g/mol. The lowest BCUT2D eigenvalue weighted by atomic mass is 10.1. The number of nitrogens with zero attached hydrogens (tertiary/aromatic N) is 6. The number of hydrogen-bond donors (Lipinski definition) is 2. The van der Waals surface area contributed by atoms with E-state index in [0.717, 1.165) is 0 Å². The number of pyridine rings is 2. The summed E-state index contributed by atoms with van der Waals surface area (Å²) in [5, 5.41) is 15.9. The molecule has 0 spiro atoms. The van der Waals surface area contributed by atoms with Crippen molar-refractivity contribution in [3.05, 3.63) is 54.1 Å². The predicted octanol–water partition coefficient (Wildman–Crippen LogP) is 3.60. The second-order valence-corrected chi connectivity index (χ2v) is 9.15. The summed E-state index contributed by atoms with van der Waals surface area (Å²) in [7, 11) is 0. The number of nitrogens with one attached hydrogen (secondary N) is 2. The zero-order chi connectivity index (χ0) is 25.7. The molecule has 1 unspecified atom stereocenters. The first-order valence-electron chi connectivity index (χ1n) is 12.0. The van der Waals surface area contributed by atoms with Gasteiger partial charge < -0.3 is 15.5 Å². The molecular weight excluding hydrogens is 459 g/mol. The van der Waals surface area contributed by atoms with E-state index in [-0.39, 0.29) is 30.8 Å². The van der Waals surface area contributed by atoms with E-state index in [0.29, 0.717) is 52.9 Å². The van der Waals surface area contributed by atoms with Gasteiger partial charge in [0.1, 0.15) is 18.1 Å². The average Bonchev–Trinajstić information content (AvgIpc) is 3.30. The molecule has 0 saturated carbocycles. The van der Waals surface area contributed by atoms with Crippen LogP contribution in [0.4, 0.5) is 21.8 Å². The van der Waals surface area contributed by atoms with Gasteiger partial charge in [-0.05, 0) is 37.6 Å². The Morgan fingerprint density at radius 3 is 2.72 bits per heavy atom. The molecule has 4 rings (SSSR count). The van der Waals surface area contributed by atoms with Crippen molar-refractivity contribution in [3.63, 3.8) is 0 Å². The van der Waals surface area contributed by atoms with Crippen LogP contribution in [0.3, 0.4) is 0 Å². The Bertz CT molecular complexity index is 1260. The molecule has 0 aromatic carbocycles. The minimum absolute atomic E-state index is 0.0820. The molecule has 2 N–H and O–H groups in total. The number of carbonyl (C=O) groups excluding carboxylic acids is 1. The molecule has 4 heterocycles. The normalized spacial score (nSPS) is 16.1. The van der Waals surface area contributed by atoms with E-state index in [1.54, 1.807) is 41.7 Å². The number of alkyl halides is 1. The van der Waals surface area contributed by atoms with Crippen LogP contribution >= 0.6 is 0 Å². The van der Waals surface area contributed by atoms with Crippen LogP contribution in [0.15, 0.2) is 42.9 Å². The lowest BCUT2D eigenvalue weighted by molar-refractivity contribution is -0.120.